The van der Waals surface area contributed by atoms with Crippen LogP contribution in [0.1, 0.15) is 5.56 Å². The first kappa shape index (κ1) is 24.7. The molecule has 1 N–H and O–H groups in total. The fraction of sp³-hybridized carbons (Fsp3) is 0.0244. The molecule has 0 radical (unpaired) electrons. The van der Waals surface area contributed by atoms with Gasteiger partial charge in [0.05, 0.1) is 16.6 Å². The minimum absolute atomic E-state index is 0.858. The predicted octanol–water partition coefficient (Wildman–Crippen LogP) is 9.26. The molecule has 10 rings (SSSR count). The van der Waals surface area contributed by atoms with E-state index in [-0.39, 0.29) is 0 Å². The number of aromatic nitrogens is 1. The van der Waals surface area contributed by atoms with Crippen molar-refractivity contribution in [3.05, 3.63) is 139 Å². The van der Waals surface area contributed by atoms with Crippen molar-refractivity contribution in [2.75, 3.05) is 5.32 Å². The Kier molecular flexibility index (Phi) is 5.01. The van der Waals surface area contributed by atoms with E-state index in [0.717, 1.165) is 40.6 Å². The lowest BCUT2D eigenvalue weighted by atomic mass is 9.58. The summed E-state index contributed by atoms with van der Waals surface area (Å²) in [4.78, 5) is 0. The third kappa shape index (κ3) is 3.42. The molecule has 0 atom stereocenters. The van der Waals surface area contributed by atoms with Gasteiger partial charge in [-0.05, 0) is 65.3 Å². The Bertz CT molecular complexity index is 2680. The standard InChI is InChI=1S/C41H27BN2O/c1-24-11-2-7-18-33(24)43-39-28(21-22-36-37(39)30-15-6-9-20-35(30)45-36)31-23-25-12-3-4-13-26(25)41-38(31)42-32-17-10-16-29-27-14-5-8-19-34(27)44(41)40(29)32/h2-23,42-43H,1H3. The van der Waals surface area contributed by atoms with Crippen LogP contribution in [0.15, 0.2) is 138 Å². The highest BCUT2D eigenvalue weighted by atomic mass is 16.3. The van der Waals surface area contributed by atoms with Crippen LogP contribution in [0.5, 0.6) is 0 Å². The molecule has 45 heavy (non-hydrogen) atoms. The number of hydrogen-bond acceptors (Lipinski definition) is 2. The van der Waals surface area contributed by atoms with Gasteiger partial charge in [0.15, 0.2) is 7.28 Å². The lowest BCUT2D eigenvalue weighted by Crippen LogP contribution is -2.37. The number of para-hydroxylation sites is 4. The van der Waals surface area contributed by atoms with Crippen LogP contribution in [0.3, 0.4) is 0 Å². The van der Waals surface area contributed by atoms with E-state index in [9.17, 15) is 0 Å². The van der Waals surface area contributed by atoms with Crippen molar-refractivity contribution in [1.29, 1.82) is 0 Å². The molecule has 4 heteroatoms. The minimum Gasteiger partial charge on any atom is -0.456 e. The van der Waals surface area contributed by atoms with Crippen LogP contribution in [0.2, 0.25) is 0 Å². The Morgan fingerprint density at radius 3 is 2.29 bits per heavy atom. The summed E-state index contributed by atoms with van der Waals surface area (Å²) in [5.41, 5.74) is 14.1. The molecule has 0 aliphatic carbocycles. The van der Waals surface area contributed by atoms with E-state index in [0.29, 0.717) is 0 Å². The normalized spacial score (nSPS) is 12.3. The third-order valence-electron chi connectivity index (χ3n) is 9.73. The maximum atomic E-state index is 6.41. The molecule has 0 unspecified atom stereocenters. The second kappa shape index (κ2) is 9.14. The smallest absolute Gasteiger partial charge is 0.198 e. The molecule has 9 aromatic rings. The van der Waals surface area contributed by atoms with Crippen molar-refractivity contribution >= 4 is 84.1 Å². The van der Waals surface area contributed by atoms with Gasteiger partial charge in [0, 0.05) is 44.0 Å². The first-order valence-corrected chi connectivity index (χ1v) is 15.6. The Morgan fingerprint density at radius 1 is 0.622 bits per heavy atom. The lowest BCUT2D eigenvalue weighted by Gasteiger charge is -2.26. The highest BCUT2D eigenvalue weighted by Crippen LogP contribution is 2.44. The number of benzene rings is 7. The minimum atomic E-state index is 0.858. The highest BCUT2D eigenvalue weighted by Gasteiger charge is 2.28. The van der Waals surface area contributed by atoms with E-state index in [1.54, 1.807) is 0 Å². The SMILES string of the molecule is Cc1ccccc1Nc1c(-c2cc3ccccc3c3c2Bc2cccc4c5ccccc5n-3c24)ccc2oc3ccccc3c12. The van der Waals surface area contributed by atoms with Gasteiger partial charge in [0.2, 0.25) is 0 Å². The van der Waals surface area contributed by atoms with Crippen LogP contribution in [0.4, 0.5) is 11.4 Å². The van der Waals surface area contributed by atoms with Crippen LogP contribution in [-0.4, -0.2) is 11.8 Å². The number of nitrogens with one attached hydrogen (secondary N) is 1. The van der Waals surface area contributed by atoms with E-state index in [1.165, 1.54) is 65.9 Å². The molecule has 2 aromatic heterocycles. The van der Waals surface area contributed by atoms with Crippen molar-refractivity contribution in [1.82, 2.24) is 4.57 Å². The average molecular weight is 574 g/mol. The summed E-state index contributed by atoms with van der Waals surface area (Å²) < 4.78 is 8.95. The molecule has 0 spiro atoms. The molecule has 0 amide bonds. The van der Waals surface area contributed by atoms with Gasteiger partial charge in [-0.15, -0.1) is 0 Å². The van der Waals surface area contributed by atoms with Crippen molar-refractivity contribution < 1.29 is 4.42 Å². The Hall–Kier alpha value is -5.74. The van der Waals surface area contributed by atoms with Gasteiger partial charge in [0.1, 0.15) is 11.2 Å². The fourth-order valence-electron chi connectivity index (χ4n) is 7.72. The fourth-order valence-corrected chi connectivity index (χ4v) is 7.72. The summed E-state index contributed by atoms with van der Waals surface area (Å²) >= 11 is 0. The molecule has 1 aliphatic rings. The van der Waals surface area contributed by atoms with Crippen molar-refractivity contribution in [2.45, 2.75) is 6.92 Å². The first-order chi connectivity index (χ1) is 22.2. The number of fused-ring (bicyclic) bond motifs is 10. The van der Waals surface area contributed by atoms with Crippen LogP contribution in [-0.2, 0) is 0 Å². The molecular weight excluding hydrogens is 547 g/mol. The number of rotatable bonds is 3. The average Bonchev–Trinajstić information content (AvgIpc) is 3.63. The molecule has 0 fully saturated rings. The maximum absolute atomic E-state index is 6.41. The molecule has 0 saturated heterocycles. The maximum Gasteiger partial charge on any atom is 0.198 e. The van der Waals surface area contributed by atoms with E-state index < -0.39 is 0 Å². The van der Waals surface area contributed by atoms with E-state index in [1.807, 2.05) is 6.07 Å². The van der Waals surface area contributed by atoms with Crippen molar-refractivity contribution in [3.8, 4) is 16.8 Å². The Morgan fingerprint density at radius 2 is 1.38 bits per heavy atom. The summed E-state index contributed by atoms with van der Waals surface area (Å²) in [6, 6.07) is 48.2. The zero-order valence-corrected chi connectivity index (χ0v) is 24.8. The second-order valence-electron chi connectivity index (χ2n) is 12.2. The number of anilines is 2. The molecule has 1 aliphatic heterocycles. The number of nitrogens with zero attached hydrogens (tertiary/aromatic N) is 1. The van der Waals surface area contributed by atoms with Crippen molar-refractivity contribution in [3.63, 3.8) is 0 Å². The molecule has 3 heterocycles. The van der Waals surface area contributed by atoms with Crippen LogP contribution in [0.25, 0.3) is 71.3 Å². The Balaban J connectivity index is 1.36. The Labute approximate surface area is 260 Å². The molecule has 0 saturated carbocycles. The summed E-state index contributed by atoms with van der Waals surface area (Å²) in [6.45, 7) is 2.16. The molecule has 3 nitrogen and oxygen atoms in total. The third-order valence-corrected chi connectivity index (χ3v) is 9.73. The molecule has 7 aromatic carbocycles. The van der Waals surface area contributed by atoms with Gasteiger partial charge in [-0.1, -0.05) is 103 Å². The van der Waals surface area contributed by atoms with Gasteiger partial charge in [-0.3, -0.25) is 0 Å². The van der Waals surface area contributed by atoms with Gasteiger partial charge in [0.25, 0.3) is 0 Å². The molecule has 210 valence electrons. The quantitative estimate of drug-likeness (QED) is 0.213. The zero-order valence-electron chi connectivity index (χ0n) is 24.8. The van der Waals surface area contributed by atoms with Crippen molar-refractivity contribution in [2.24, 2.45) is 0 Å². The lowest BCUT2D eigenvalue weighted by molar-refractivity contribution is 0.669. The molecule has 0 bridgehead atoms. The predicted molar refractivity (Wildman–Crippen MR) is 192 cm³/mol. The van der Waals surface area contributed by atoms with Crippen LogP contribution >= 0.6 is 0 Å². The largest absolute Gasteiger partial charge is 0.456 e. The summed E-state index contributed by atoms with van der Waals surface area (Å²) in [5, 5.41) is 11.3. The van der Waals surface area contributed by atoms with E-state index >= 15 is 0 Å². The van der Waals surface area contributed by atoms with E-state index in [2.05, 4.69) is 144 Å². The van der Waals surface area contributed by atoms with Crippen LogP contribution in [0, 0.1) is 6.92 Å². The zero-order chi connectivity index (χ0) is 29.6. The number of aryl methyl sites for hydroxylation is 1. The monoisotopic (exact) mass is 574 g/mol. The summed E-state index contributed by atoms with van der Waals surface area (Å²) in [6.07, 6.45) is 0. The first-order valence-electron chi connectivity index (χ1n) is 15.6. The van der Waals surface area contributed by atoms with E-state index in [4.69, 9.17) is 4.42 Å². The van der Waals surface area contributed by atoms with Crippen LogP contribution < -0.4 is 16.2 Å². The number of hydrogen-bond donors (Lipinski definition) is 1. The second-order valence-corrected chi connectivity index (χ2v) is 12.2. The molecular formula is C41H27BN2O. The summed E-state index contributed by atoms with van der Waals surface area (Å²) in [7, 11) is 0.858. The summed E-state index contributed by atoms with van der Waals surface area (Å²) in [5.74, 6) is 0. The van der Waals surface area contributed by atoms with Gasteiger partial charge < -0.3 is 14.3 Å². The van der Waals surface area contributed by atoms with Gasteiger partial charge in [-0.25, -0.2) is 0 Å². The number of furan rings is 1. The van der Waals surface area contributed by atoms with Gasteiger partial charge >= 0.3 is 0 Å². The van der Waals surface area contributed by atoms with Gasteiger partial charge in [-0.2, -0.15) is 0 Å². The highest BCUT2D eigenvalue weighted by molar-refractivity contribution is 6.74. The topological polar surface area (TPSA) is 30.1 Å².